The number of halogens is 2. The number of nitrogens with zero attached hydrogens (tertiary/aromatic N) is 2. The van der Waals surface area contributed by atoms with Crippen LogP contribution in [0, 0.1) is 0 Å². The highest BCUT2D eigenvalue weighted by molar-refractivity contribution is 9.10. The van der Waals surface area contributed by atoms with Gasteiger partial charge < -0.3 is 10.1 Å². The van der Waals surface area contributed by atoms with E-state index in [0.29, 0.717) is 29.5 Å². The summed E-state index contributed by atoms with van der Waals surface area (Å²) in [5.74, 6) is 0. The maximum absolute atomic E-state index is 12.1. The standard InChI is InChI=1S/C12H17BrClN3O3S/c1-20-7-9-6-17(21(2,18)19)10(5-15-9)8-3-11(13)16-12(14)4-8/h3-4,9-10,15H,5-7H2,1-2H3/t9-,10+/m1/s1. The quantitative estimate of drug-likeness (QED) is 0.777. The molecule has 1 aliphatic heterocycles. The zero-order chi connectivity index (χ0) is 15.6. The monoisotopic (exact) mass is 397 g/mol. The Hall–Kier alpha value is -0.250. The van der Waals surface area contributed by atoms with Crippen LogP contribution in [0.3, 0.4) is 0 Å². The molecule has 0 spiro atoms. The molecule has 2 rings (SSSR count). The summed E-state index contributed by atoms with van der Waals surface area (Å²) in [6.45, 7) is 1.31. The number of ether oxygens (including phenoxy) is 1. The van der Waals surface area contributed by atoms with E-state index in [-0.39, 0.29) is 12.1 Å². The molecule has 6 nitrogen and oxygen atoms in total. The number of nitrogens with one attached hydrogen (secondary N) is 1. The van der Waals surface area contributed by atoms with Crippen LogP contribution in [0.15, 0.2) is 16.7 Å². The first kappa shape index (κ1) is 17.1. The van der Waals surface area contributed by atoms with E-state index in [9.17, 15) is 8.42 Å². The van der Waals surface area contributed by atoms with Gasteiger partial charge in [-0.15, -0.1) is 0 Å². The molecular formula is C12H17BrClN3O3S. The van der Waals surface area contributed by atoms with Gasteiger partial charge in [-0.2, -0.15) is 4.31 Å². The van der Waals surface area contributed by atoms with E-state index in [2.05, 4.69) is 26.2 Å². The van der Waals surface area contributed by atoms with Crippen molar-refractivity contribution >= 4 is 37.6 Å². The van der Waals surface area contributed by atoms with Crippen LogP contribution >= 0.6 is 27.5 Å². The van der Waals surface area contributed by atoms with Crippen LogP contribution in [0.1, 0.15) is 11.6 Å². The molecule has 9 heteroatoms. The van der Waals surface area contributed by atoms with Crippen LogP contribution in [0.4, 0.5) is 0 Å². The van der Waals surface area contributed by atoms with Crippen molar-refractivity contribution in [1.29, 1.82) is 0 Å². The highest BCUT2D eigenvalue weighted by Gasteiger charge is 2.34. The highest BCUT2D eigenvalue weighted by atomic mass is 79.9. The highest BCUT2D eigenvalue weighted by Crippen LogP contribution is 2.29. The number of piperazine rings is 1. The summed E-state index contributed by atoms with van der Waals surface area (Å²) in [5.41, 5.74) is 0.802. The van der Waals surface area contributed by atoms with Crippen LogP contribution in [-0.2, 0) is 14.8 Å². The predicted octanol–water partition coefficient (Wildman–Crippen LogP) is 1.42. The SMILES string of the molecule is COC[C@H]1CN(S(C)(=O)=O)[C@H](c2cc(Cl)nc(Br)c2)CN1. The van der Waals surface area contributed by atoms with Crippen molar-refractivity contribution in [3.05, 3.63) is 27.5 Å². The van der Waals surface area contributed by atoms with Crippen molar-refractivity contribution in [2.45, 2.75) is 12.1 Å². The van der Waals surface area contributed by atoms with E-state index in [4.69, 9.17) is 16.3 Å². The Labute approximate surface area is 138 Å². The Bertz CT molecular complexity index is 594. The number of hydrogen-bond acceptors (Lipinski definition) is 5. The molecule has 1 aromatic heterocycles. The summed E-state index contributed by atoms with van der Waals surface area (Å²) in [6, 6.07) is 3.13. The molecule has 1 N–H and O–H groups in total. The smallest absolute Gasteiger partial charge is 0.211 e. The molecule has 1 saturated heterocycles. The molecule has 0 bridgehead atoms. The van der Waals surface area contributed by atoms with Gasteiger partial charge in [0.1, 0.15) is 9.76 Å². The fraction of sp³-hybridized carbons (Fsp3) is 0.583. The molecule has 118 valence electrons. The second-order valence-electron chi connectivity index (χ2n) is 4.95. The van der Waals surface area contributed by atoms with Gasteiger partial charge in [-0.05, 0) is 33.6 Å². The third-order valence-electron chi connectivity index (χ3n) is 3.31. The zero-order valence-corrected chi connectivity index (χ0v) is 14.9. The number of aromatic nitrogens is 1. The van der Waals surface area contributed by atoms with Crippen molar-refractivity contribution in [3.8, 4) is 0 Å². The second-order valence-corrected chi connectivity index (χ2v) is 8.09. The van der Waals surface area contributed by atoms with E-state index in [0.717, 1.165) is 5.56 Å². The first-order valence-corrected chi connectivity index (χ1v) is 9.35. The van der Waals surface area contributed by atoms with Gasteiger partial charge in [0.05, 0.1) is 18.9 Å². The van der Waals surface area contributed by atoms with Gasteiger partial charge in [0, 0.05) is 26.2 Å². The van der Waals surface area contributed by atoms with E-state index in [1.165, 1.54) is 10.6 Å². The fourth-order valence-electron chi connectivity index (χ4n) is 2.43. The summed E-state index contributed by atoms with van der Waals surface area (Å²) in [5, 5.41) is 3.63. The van der Waals surface area contributed by atoms with Crippen molar-refractivity contribution in [2.75, 3.05) is 33.1 Å². The predicted molar refractivity (Wildman–Crippen MR) is 84.9 cm³/mol. The summed E-state index contributed by atoms with van der Waals surface area (Å²) in [7, 11) is -1.75. The average molecular weight is 399 g/mol. The van der Waals surface area contributed by atoms with Gasteiger partial charge in [0.25, 0.3) is 0 Å². The summed E-state index contributed by atoms with van der Waals surface area (Å²) >= 11 is 9.24. The van der Waals surface area contributed by atoms with E-state index in [1.807, 2.05) is 0 Å². The third kappa shape index (κ3) is 4.37. The lowest BCUT2D eigenvalue weighted by atomic mass is 10.1. The van der Waals surface area contributed by atoms with Gasteiger partial charge >= 0.3 is 0 Å². The zero-order valence-electron chi connectivity index (χ0n) is 11.7. The average Bonchev–Trinajstić information content (AvgIpc) is 2.37. The molecule has 2 heterocycles. The first-order valence-electron chi connectivity index (χ1n) is 6.33. The van der Waals surface area contributed by atoms with Crippen LogP contribution in [0.25, 0.3) is 0 Å². The molecule has 21 heavy (non-hydrogen) atoms. The molecule has 0 aromatic carbocycles. The van der Waals surface area contributed by atoms with Crippen LogP contribution < -0.4 is 5.32 Å². The number of rotatable bonds is 4. The first-order chi connectivity index (χ1) is 9.81. The Kier molecular flexibility index (Phi) is 5.61. The lowest BCUT2D eigenvalue weighted by molar-refractivity contribution is 0.124. The third-order valence-corrected chi connectivity index (χ3v) is 5.17. The normalized spacial score (nSPS) is 24.2. The molecule has 1 aromatic rings. The summed E-state index contributed by atoms with van der Waals surface area (Å²) in [4.78, 5) is 4.03. The maximum Gasteiger partial charge on any atom is 0.211 e. The molecule has 0 saturated carbocycles. The van der Waals surface area contributed by atoms with E-state index in [1.54, 1.807) is 19.2 Å². The summed E-state index contributed by atoms with van der Waals surface area (Å²) < 4.78 is 31.3. The Morgan fingerprint density at radius 3 is 2.86 bits per heavy atom. The topological polar surface area (TPSA) is 71.5 Å². The van der Waals surface area contributed by atoms with Crippen LogP contribution in [0.2, 0.25) is 5.15 Å². The van der Waals surface area contributed by atoms with Gasteiger partial charge in [-0.1, -0.05) is 11.6 Å². The molecule has 1 fully saturated rings. The summed E-state index contributed by atoms with van der Waals surface area (Å²) in [6.07, 6.45) is 1.22. The molecule has 0 aliphatic carbocycles. The number of pyridine rings is 1. The molecule has 0 radical (unpaired) electrons. The molecule has 0 unspecified atom stereocenters. The molecule has 1 aliphatic rings. The Morgan fingerprint density at radius 2 is 2.29 bits per heavy atom. The van der Waals surface area contributed by atoms with Crippen molar-refractivity contribution in [2.24, 2.45) is 0 Å². The van der Waals surface area contributed by atoms with E-state index >= 15 is 0 Å². The van der Waals surface area contributed by atoms with Gasteiger partial charge in [-0.3, -0.25) is 0 Å². The van der Waals surface area contributed by atoms with Gasteiger partial charge in [0.15, 0.2) is 0 Å². The minimum absolute atomic E-state index is 0.0262. The molecular weight excluding hydrogens is 382 g/mol. The van der Waals surface area contributed by atoms with Crippen molar-refractivity contribution in [3.63, 3.8) is 0 Å². The number of hydrogen-bond donors (Lipinski definition) is 1. The van der Waals surface area contributed by atoms with Gasteiger partial charge in [-0.25, -0.2) is 13.4 Å². The second kappa shape index (κ2) is 6.89. The van der Waals surface area contributed by atoms with Crippen molar-refractivity contribution in [1.82, 2.24) is 14.6 Å². The Morgan fingerprint density at radius 1 is 1.57 bits per heavy atom. The van der Waals surface area contributed by atoms with E-state index < -0.39 is 10.0 Å². The number of sulfonamides is 1. The molecule has 2 atom stereocenters. The fourth-order valence-corrected chi connectivity index (χ4v) is 4.31. The largest absolute Gasteiger partial charge is 0.383 e. The van der Waals surface area contributed by atoms with Crippen LogP contribution in [0.5, 0.6) is 0 Å². The lowest BCUT2D eigenvalue weighted by Crippen LogP contribution is -2.55. The lowest BCUT2D eigenvalue weighted by Gasteiger charge is -2.38. The minimum atomic E-state index is -3.34. The number of methoxy groups -OCH3 is 1. The molecule has 0 amide bonds. The van der Waals surface area contributed by atoms with Crippen molar-refractivity contribution < 1.29 is 13.2 Å². The maximum atomic E-state index is 12.1. The van der Waals surface area contributed by atoms with Gasteiger partial charge in [0.2, 0.25) is 10.0 Å². The van der Waals surface area contributed by atoms with Crippen LogP contribution in [-0.4, -0.2) is 56.8 Å². The Balaban J connectivity index is 2.32. The minimum Gasteiger partial charge on any atom is -0.383 e.